The number of rotatable bonds is 3. The summed E-state index contributed by atoms with van der Waals surface area (Å²) in [5, 5.41) is 14.0. The molecule has 9 aromatic carbocycles. The Morgan fingerprint density at radius 2 is 1.05 bits per heavy atom. The molecule has 0 N–H and O–H groups in total. The smallest absolute Gasteiger partial charge is 0.144 e. The van der Waals surface area contributed by atoms with Crippen LogP contribution in [0.3, 0.4) is 0 Å². The monoisotopic (exact) mass is 712 g/mol. The predicted octanol–water partition coefficient (Wildman–Crippen LogP) is 14.6. The molecule has 0 aliphatic heterocycles. The largest absolute Gasteiger partial charge is 0.455 e. The summed E-state index contributed by atoms with van der Waals surface area (Å²) in [4.78, 5) is 10.1. The summed E-state index contributed by atoms with van der Waals surface area (Å²) in [5.41, 5.74) is 11.9. The Morgan fingerprint density at radius 3 is 1.82 bits per heavy atom. The molecule has 0 bridgehead atoms. The highest BCUT2D eigenvalue weighted by Crippen LogP contribution is 2.47. The zero-order valence-corrected chi connectivity index (χ0v) is 30.5. The second-order valence-electron chi connectivity index (χ2n) is 14.9. The van der Waals surface area contributed by atoms with E-state index in [0.717, 1.165) is 65.8 Å². The van der Waals surface area contributed by atoms with Crippen LogP contribution in [-0.4, -0.2) is 9.97 Å². The second-order valence-corrected chi connectivity index (χ2v) is 14.9. The van der Waals surface area contributed by atoms with E-state index in [1.165, 1.54) is 60.1 Å². The van der Waals surface area contributed by atoms with E-state index in [9.17, 15) is 0 Å². The van der Waals surface area contributed by atoms with Crippen LogP contribution in [0.4, 0.5) is 0 Å². The highest BCUT2D eigenvalue weighted by molar-refractivity contribution is 6.26. The van der Waals surface area contributed by atoms with Crippen molar-refractivity contribution in [1.29, 1.82) is 0 Å². The van der Waals surface area contributed by atoms with Gasteiger partial charge in [0.15, 0.2) is 0 Å². The first-order valence-corrected chi connectivity index (χ1v) is 19.2. The van der Waals surface area contributed by atoms with Gasteiger partial charge in [-0.1, -0.05) is 146 Å². The van der Waals surface area contributed by atoms with Crippen LogP contribution < -0.4 is 0 Å². The second kappa shape index (κ2) is 11.8. The number of benzene rings is 9. The number of pyridine rings is 2. The van der Waals surface area contributed by atoms with Crippen LogP contribution in [0.2, 0.25) is 0 Å². The number of aromatic nitrogens is 2. The molecule has 0 fully saturated rings. The fourth-order valence-electron chi connectivity index (χ4n) is 9.33. The van der Waals surface area contributed by atoms with Crippen LogP contribution >= 0.6 is 0 Å². The molecule has 0 atom stereocenters. The van der Waals surface area contributed by atoms with Crippen molar-refractivity contribution in [2.75, 3.05) is 0 Å². The van der Waals surface area contributed by atoms with Crippen molar-refractivity contribution in [3.05, 3.63) is 182 Å². The van der Waals surface area contributed by atoms with E-state index in [-0.39, 0.29) is 0 Å². The Morgan fingerprint density at radius 1 is 0.429 bits per heavy atom. The number of aryl methyl sites for hydroxylation is 1. The molecule has 3 aromatic heterocycles. The molecule has 0 unspecified atom stereocenters. The van der Waals surface area contributed by atoms with Crippen LogP contribution in [0.1, 0.15) is 5.56 Å². The molecule has 3 nitrogen and oxygen atoms in total. The van der Waals surface area contributed by atoms with E-state index in [4.69, 9.17) is 14.4 Å². The van der Waals surface area contributed by atoms with Gasteiger partial charge >= 0.3 is 0 Å². The summed E-state index contributed by atoms with van der Waals surface area (Å²) in [6.45, 7) is 2.19. The Bertz CT molecular complexity index is 3540. The number of hydrogen-bond donors (Lipinski definition) is 0. The highest BCUT2D eigenvalue weighted by Gasteiger charge is 2.21. The lowest BCUT2D eigenvalue weighted by atomic mass is 9.84. The van der Waals surface area contributed by atoms with E-state index < -0.39 is 0 Å². The zero-order valence-electron chi connectivity index (χ0n) is 30.5. The topological polar surface area (TPSA) is 38.9 Å². The summed E-state index contributed by atoms with van der Waals surface area (Å²) in [5.74, 6) is 0. The molecule has 3 heterocycles. The molecular formula is C53H32N2O. The minimum absolute atomic E-state index is 0.897. The minimum Gasteiger partial charge on any atom is -0.455 e. The van der Waals surface area contributed by atoms with Crippen LogP contribution in [0.5, 0.6) is 0 Å². The van der Waals surface area contributed by atoms with Gasteiger partial charge in [-0.15, -0.1) is 0 Å². The Balaban J connectivity index is 1.08. The molecule has 0 saturated carbocycles. The Labute approximate surface area is 322 Å². The number of furan rings is 1. The lowest BCUT2D eigenvalue weighted by Crippen LogP contribution is -1.93. The van der Waals surface area contributed by atoms with Gasteiger partial charge in [0.05, 0.1) is 16.7 Å². The van der Waals surface area contributed by atoms with Gasteiger partial charge in [0, 0.05) is 49.5 Å². The third kappa shape index (κ3) is 4.40. The molecule has 0 amide bonds. The van der Waals surface area contributed by atoms with E-state index in [1.54, 1.807) is 0 Å². The van der Waals surface area contributed by atoms with Crippen molar-refractivity contribution in [3.8, 4) is 33.5 Å². The van der Waals surface area contributed by atoms with E-state index >= 15 is 0 Å². The van der Waals surface area contributed by atoms with E-state index in [1.807, 2.05) is 24.4 Å². The normalized spacial score (nSPS) is 12.0. The highest BCUT2D eigenvalue weighted by atomic mass is 16.3. The van der Waals surface area contributed by atoms with Crippen LogP contribution in [0, 0.1) is 6.92 Å². The molecule has 3 heteroatoms. The van der Waals surface area contributed by atoms with Gasteiger partial charge in [-0.3, -0.25) is 4.98 Å². The van der Waals surface area contributed by atoms with Crippen molar-refractivity contribution in [2.45, 2.75) is 6.92 Å². The maximum atomic E-state index is 6.58. The summed E-state index contributed by atoms with van der Waals surface area (Å²) >= 11 is 0. The quantitative estimate of drug-likeness (QED) is 0.135. The van der Waals surface area contributed by atoms with Gasteiger partial charge in [-0.05, 0) is 85.9 Å². The Hall–Kier alpha value is -7.36. The van der Waals surface area contributed by atoms with Gasteiger partial charge in [-0.2, -0.15) is 0 Å². The molecule has 0 saturated heterocycles. The first kappa shape index (κ1) is 31.0. The standard InChI is InChI=1S/C53H32N2O/c1-31-20-26-41(40-27-25-33-11-10-30-54-52(33)47(31)40)49-38-15-4-2-13-36(38)48(37-14-3-5-16-39(37)49)32-21-23-34(24-22-32)51-44-29-28-42-35-12-7-9-19-46(35)56-53(42)50(44)43-17-6-8-18-45(43)55-51/h2-30H,1H3. The van der Waals surface area contributed by atoms with Gasteiger partial charge in [0.1, 0.15) is 11.2 Å². The molecule has 260 valence electrons. The summed E-state index contributed by atoms with van der Waals surface area (Å²) < 4.78 is 6.58. The minimum atomic E-state index is 0.897. The predicted molar refractivity (Wildman–Crippen MR) is 235 cm³/mol. The van der Waals surface area contributed by atoms with Crippen molar-refractivity contribution < 1.29 is 4.42 Å². The molecular weight excluding hydrogens is 681 g/mol. The van der Waals surface area contributed by atoms with E-state index in [2.05, 4.69) is 159 Å². The van der Waals surface area contributed by atoms with Crippen molar-refractivity contribution in [3.63, 3.8) is 0 Å². The molecule has 0 radical (unpaired) electrons. The summed E-state index contributed by atoms with van der Waals surface area (Å²) in [6, 6.07) is 61.1. The molecule has 12 aromatic rings. The third-order valence-electron chi connectivity index (χ3n) is 11.8. The zero-order chi connectivity index (χ0) is 36.9. The molecule has 0 aliphatic carbocycles. The number of para-hydroxylation sites is 2. The van der Waals surface area contributed by atoms with Crippen LogP contribution in [-0.2, 0) is 0 Å². The molecule has 12 rings (SSSR count). The fourth-order valence-corrected chi connectivity index (χ4v) is 9.33. The first-order valence-electron chi connectivity index (χ1n) is 19.2. The summed E-state index contributed by atoms with van der Waals surface area (Å²) in [6.07, 6.45) is 1.90. The van der Waals surface area contributed by atoms with Gasteiger partial charge in [-0.25, -0.2) is 4.98 Å². The molecule has 0 aliphatic rings. The maximum absolute atomic E-state index is 6.58. The lowest BCUT2D eigenvalue weighted by molar-refractivity contribution is 0.673. The molecule has 56 heavy (non-hydrogen) atoms. The molecule has 0 spiro atoms. The average Bonchev–Trinajstić information content (AvgIpc) is 3.64. The summed E-state index contributed by atoms with van der Waals surface area (Å²) in [7, 11) is 0. The van der Waals surface area contributed by atoms with Crippen LogP contribution in [0.15, 0.2) is 180 Å². The van der Waals surface area contributed by atoms with Gasteiger partial charge in [0.25, 0.3) is 0 Å². The van der Waals surface area contributed by atoms with Crippen molar-refractivity contribution in [2.24, 2.45) is 0 Å². The van der Waals surface area contributed by atoms with Gasteiger partial charge in [0.2, 0.25) is 0 Å². The first-order chi connectivity index (χ1) is 27.7. The van der Waals surface area contributed by atoms with Crippen LogP contribution in [0.25, 0.3) is 120 Å². The lowest BCUT2D eigenvalue weighted by Gasteiger charge is -2.20. The SMILES string of the molecule is Cc1ccc(-c2c3ccccc3c(-c3ccc(-c4nc5ccccc5c5c4ccc4c6ccccc6oc45)cc3)c3ccccc23)c2ccc3cccnc3c12. The number of nitrogens with zero attached hydrogens (tertiary/aromatic N) is 2. The number of hydrogen-bond acceptors (Lipinski definition) is 3. The fraction of sp³-hybridized carbons (Fsp3) is 0.0189. The maximum Gasteiger partial charge on any atom is 0.144 e. The number of fused-ring (bicyclic) bond motifs is 12. The van der Waals surface area contributed by atoms with Gasteiger partial charge < -0.3 is 4.42 Å². The third-order valence-corrected chi connectivity index (χ3v) is 11.8. The van der Waals surface area contributed by atoms with Crippen molar-refractivity contribution >= 4 is 86.8 Å². The Kier molecular flexibility index (Phi) is 6.55. The van der Waals surface area contributed by atoms with Crippen molar-refractivity contribution in [1.82, 2.24) is 9.97 Å². The average molecular weight is 713 g/mol. The van der Waals surface area contributed by atoms with E-state index in [0.29, 0.717) is 0 Å².